The zero-order valence-electron chi connectivity index (χ0n) is 18.4. The predicted octanol–water partition coefficient (Wildman–Crippen LogP) is 5.38. The van der Waals surface area contributed by atoms with Crippen molar-refractivity contribution in [1.82, 2.24) is 4.90 Å². The summed E-state index contributed by atoms with van der Waals surface area (Å²) < 4.78 is 25.4. The molecule has 0 aliphatic carbocycles. The molecular weight excluding hydrogens is 472 g/mol. The molecule has 1 amide bonds. The highest BCUT2D eigenvalue weighted by Gasteiger charge is 2.46. The number of rotatable bonds is 8. The number of benzene rings is 2. The van der Waals surface area contributed by atoms with Gasteiger partial charge in [-0.2, -0.15) is 0 Å². The molecule has 1 fully saturated rings. The van der Waals surface area contributed by atoms with E-state index in [0.717, 1.165) is 0 Å². The lowest BCUT2D eigenvalue weighted by atomic mass is 9.95. The van der Waals surface area contributed by atoms with Gasteiger partial charge in [0.25, 0.3) is 11.7 Å². The third kappa shape index (κ3) is 5.16. The van der Waals surface area contributed by atoms with Crippen molar-refractivity contribution in [2.45, 2.75) is 32.4 Å². The molecule has 176 valence electrons. The maximum Gasteiger partial charge on any atom is 0.295 e. The van der Waals surface area contributed by atoms with E-state index >= 15 is 0 Å². The zero-order valence-corrected chi connectivity index (χ0v) is 19.9. The van der Waals surface area contributed by atoms with Gasteiger partial charge >= 0.3 is 0 Å². The monoisotopic (exact) mass is 495 g/mol. The van der Waals surface area contributed by atoms with Crippen LogP contribution in [0.25, 0.3) is 5.76 Å². The van der Waals surface area contributed by atoms with Gasteiger partial charge in [-0.15, -0.1) is 0 Å². The molecule has 1 atom stereocenters. The van der Waals surface area contributed by atoms with Gasteiger partial charge in [-0.25, -0.2) is 4.39 Å². The normalized spacial score (nSPS) is 17.8. The number of Topliss-reactive ketones (excluding diaryl/α,β-unsaturated/α-hetero) is 1. The number of amides is 1. The standard InChI is InChI=1S/C24H24Cl2FNO5/c1-13(2)33-10-6-9-28-20(15-7-4-5-8-18(15)27)19(22(30)24(28)31)21(29)14-11-16(25)23(32-3)17(26)12-14/h4-5,7-8,11-13,20,29H,6,9-10H2,1-3H3/b21-19+. The third-order valence-corrected chi connectivity index (χ3v) is 5.77. The number of halogens is 3. The molecule has 2 aromatic rings. The second kappa shape index (κ2) is 10.5. The molecule has 0 saturated carbocycles. The Morgan fingerprint density at radius 2 is 1.82 bits per heavy atom. The fourth-order valence-corrected chi connectivity index (χ4v) is 4.37. The van der Waals surface area contributed by atoms with Crippen molar-refractivity contribution in [2.75, 3.05) is 20.3 Å². The van der Waals surface area contributed by atoms with Crippen LogP contribution in [0, 0.1) is 5.82 Å². The van der Waals surface area contributed by atoms with E-state index < -0.39 is 29.3 Å². The van der Waals surface area contributed by atoms with E-state index in [1.54, 1.807) is 6.07 Å². The largest absolute Gasteiger partial charge is 0.507 e. The molecule has 1 unspecified atom stereocenters. The van der Waals surface area contributed by atoms with Gasteiger partial charge < -0.3 is 19.5 Å². The average molecular weight is 496 g/mol. The molecule has 2 aromatic carbocycles. The number of hydrogen-bond donors (Lipinski definition) is 1. The first-order valence-corrected chi connectivity index (χ1v) is 11.1. The van der Waals surface area contributed by atoms with Crippen LogP contribution in [0.4, 0.5) is 4.39 Å². The fraction of sp³-hybridized carbons (Fsp3) is 0.333. The van der Waals surface area contributed by atoms with Gasteiger partial charge in [-0.3, -0.25) is 9.59 Å². The van der Waals surface area contributed by atoms with Gasteiger partial charge in [0.05, 0.1) is 34.9 Å². The van der Waals surface area contributed by atoms with Crippen molar-refractivity contribution in [2.24, 2.45) is 0 Å². The summed E-state index contributed by atoms with van der Waals surface area (Å²) in [5.74, 6) is -2.67. The number of likely N-dealkylation sites (tertiary alicyclic amines) is 1. The SMILES string of the molecule is COc1c(Cl)cc(/C(O)=C2\C(=O)C(=O)N(CCCOC(C)C)C2c2ccccc2F)cc1Cl. The Labute approximate surface area is 201 Å². The molecule has 33 heavy (non-hydrogen) atoms. The molecule has 6 nitrogen and oxygen atoms in total. The molecule has 0 radical (unpaired) electrons. The quantitative estimate of drug-likeness (QED) is 0.230. The number of hydrogen-bond acceptors (Lipinski definition) is 5. The lowest BCUT2D eigenvalue weighted by molar-refractivity contribution is -0.140. The zero-order chi connectivity index (χ0) is 24.3. The van der Waals surface area contributed by atoms with Crippen LogP contribution in [0.2, 0.25) is 10.0 Å². The van der Waals surface area contributed by atoms with E-state index in [1.807, 2.05) is 13.8 Å². The number of ketones is 1. The minimum Gasteiger partial charge on any atom is -0.507 e. The Bertz CT molecular complexity index is 1080. The van der Waals surface area contributed by atoms with Crippen LogP contribution < -0.4 is 4.74 Å². The van der Waals surface area contributed by atoms with E-state index in [-0.39, 0.29) is 45.1 Å². The van der Waals surface area contributed by atoms with E-state index in [1.165, 1.54) is 42.3 Å². The van der Waals surface area contributed by atoms with E-state index in [4.69, 9.17) is 32.7 Å². The Hall–Kier alpha value is -2.61. The van der Waals surface area contributed by atoms with Gasteiger partial charge in [0, 0.05) is 24.3 Å². The van der Waals surface area contributed by atoms with Gasteiger partial charge in [0.15, 0.2) is 5.75 Å². The smallest absolute Gasteiger partial charge is 0.295 e. The van der Waals surface area contributed by atoms with Gasteiger partial charge in [0.2, 0.25) is 0 Å². The number of aliphatic hydroxyl groups is 1. The highest BCUT2D eigenvalue weighted by molar-refractivity contribution is 6.46. The molecule has 1 saturated heterocycles. The first-order valence-electron chi connectivity index (χ1n) is 10.3. The topological polar surface area (TPSA) is 76.1 Å². The second-order valence-corrected chi connectivity index (χ2v) is 8.57. The number of nitrogens with zero attached hydrogens (tertiary/aromatic N) is 1. The predicted molar refractivity (Wildman–Crippen MR) is 124 cm³/mol. The van der Waals surface area contributed by atoms with Gasteiger partial charge in [-0.1, -0.05) is 41.4 Å². The maximum absolute atomic E-state index is 14.8. The van der Waals surface area contributed by atoms with Gasteiger partial charge in [0.1, 0.15) is 11.6 Å². The van der Waals surface area contributed by atoms with Crippen molar-refractivity contribution in [3.05, 3.63) is 69.0 Å². The number of aliphatic hydroxyl groups excluding tert-OH is 1. The molecule has 1 aliphatic rings. The van der Waals surface area contributed by atoms with Gasteiger partial charge in [-0.05, 0) is 38.5 Å². The number of carbonyl (C=O) groups is 2. The molecule has 1 N–H and O–H groups in total. The number of ether oxygens (including phenoxy) is 2. The highest BCUT2D eigenvalue weighted by atomic mass is 35.5. The Morgan fingerprint density at radius 3 is 2.39 bits per heavy atom. The molecule has 1 aliphatic heterocycles. The summed E-state index contributed by atoms with van der Waals surface area (Å²) in [6.45, 7) is 4.26. The van der Waals surface area contributed by atoms with Crippen molar-refractivity contribution in [3.8, 4) is 5.75 Å². The molecule has 1 heterocycles. The molecule has 0 spiro atoms. The van der Waals surface area contributed by atoms with Crippen LogP contribution >= 0.6 is 23.2 Å². The summed E-state index contributed by atoms with van der Waals surface area (Å²) in [4.78, 5) is 27.2. The Kier molecular flexibility index (Phi) is 8.00. The van der Waals surface area contributed by atoms with Crippen LogP contribution in [0.3, 0.4) is 0 Å². The first-order chi connectivity index (χ1) is 15.7. The first kappa shape index (κ1) is 25.0. The molecule has 3 rings (SSSR count). The molecule has 0 bridgehead atoms. The van der Waals surface area contributed by atoms with Crippen LogP contribution in [-0.4, -0.2) is 48.1 Å². The second-order valence-electron chi connectivity index (χ2n) is 7.76. The third-order valence-electron chi connectivity index (χ3n) is 5.21. The lowest BCUT2D eigenvalue weighted by Crippen LogP contribution is -2.31. The van der Waals surface area contributed by atoms with Crippen molar-refractivity contribution >= 4 is 40.7 Å². The Balaban J connectivity index is 2.11. The maximum atomic E-state index is 14.8. The highest BCUT2D eigenvalue weighted by Crippen LogP contribution is 2.42. The average Bonchev–Trinajstić information content (AvgIpc) is 3.01. The minimum absolute atomic E-state index is 0.00680. The van der Waals surface area contributed by atoms with Crippen LogP contribution in [0.5, 0.6) is 5.75 Å². The van der Waals surface area contributed by atoms with E-state index in [0.29, 0.717) is 13.0 Å². The summed E-state index contributed by atoms with van der Waals surface area (Å²) >= 11 is 12.4. The van der Waals surface area contributed by atoms with Crippen LogP contribution in [-0.2, 0) is 14.3 Å². The number of carbonyl (C=O) groups excluding carboxylic acids is 2. The summed E-state index contributed by atoms with van der Waals surface area (Å²) in [5, 5.41) is 11.3. The van der Waals surface area contributed by atoms with E-state index in [2.05, 4.69) is 0 Å². The summed E-state index contributed by atoms with van der Waals surface area (Å²) in [5.41, 5.74) is -0.0470. The Morgan fingerprint density at radius 1 is 1.18 bits per heavy atom. The van der Waals surface area contributed by atoms with E-state index in [9.17, 15) is 19.1 Å². The summed E-state index contributed by atoms with van der Waals surface area (Å²) in [6.07, 6.45) is 0.434. The van der Waals surface area contributed by atoms with Crippen LogP contribution in [0.1, 0.15) is 37.4 Å². The van der Waals surface area contributed by atoms with Crippen molar-refractivity contribution < 1.29 is 28.6 Å². The van der Waals surface area contributed by atoms with Crippen molar-refractivity contribution in [3.63, 3.8) is 0 Å². The molecular formula is C24H24Cl2FNO5. The minimum atomic E-state index is -1.12. The molecule has 9 heteroatoms. The summed E-state index contributed by atoms with van der Waals surface area (Å²) in [6, 6.07) is 7.42. The van der Waals surface area contributed by atoms with Crippen LogP contribution in [0.15, 0.2) is 42.0 Å². The molecule has 0 aromatic heterocycles. The van der Waals surface area contributed by atoms with Crippen molar-refractivity contribution in [1.29, 1.82) is 0 Å². The lowest BCUT2D eigenvalue weighted by Gasteiger charge is -2.25. The fourth-order valence-electron chi connectivity index (χ4n) is 3.73. The summed E-state index contributed by atoms with van der Waals surface area (Å²) in [7, 11) is 1.39. The number of methoxy groups -OCH3 is 1.